The van der Waals surface area contributed by atoms with Crippen molar-refractivity contribution in [1.82, 2.24) is 4.90 Å². The quantitative estimate of drug-likeness (QED) is 0.776. The van der Waals surface area contributed by atoms with E-state index in [9.17, 15) is 0 Å². The summed E-state index contributed by atoms with van der Waals surface area (Å²) in [6.45, 7) is 13.0. The summed E-state index contributed by atoms with van der Waals surface area (Å²) in [6, 6.07) is 0.260. The molecule has 2 N–H and O–H groups in total. The Kier molecular flexibility index (Phi) is 5.90. The van der Waals surface area contributed by atoms with Gasteiger partial charge >= 0.3 is 0 Å². The van der Waals surface area contributed by atoms with Crippen LogP contribution in [0, 0.1) is 5.92 Å². The minimum absolute atomic E-state index is 0.130. The van der Waals surface area contributed by atoms with Crippen molar-refractivity contribution < 1.29 is 4.74 Å². The number of ether oxygens (including phenoxy) is 1. The molecule has 1 rings (SSSR count). The number of likely N-dealkylation sites (N-methyl/N-ethyl adjacent to an activating group) is 1. The first-order valence-corrected chi connectivity index (χ1v) is 7.18. The van der Waals surface area contributed by atoms with Crippen LogP contribution in [0.3, 0.4) is 0 Å². The molecule has 0 aromatic carbocycles. The molecule has 0 aromatic rings. The molecule has 0 aromatic heterocycles. The predicted molar refractivity (Wildman–Crippen MR) is 73.1 cm³/mol. The molecule has 102 valence electrons. The fourth-order valence-electron chi connectivity index (χ4n) is 3.20. The molecule has 1 aliphatic rings. The minimum Gasteiger partial charge on any atom is -0.381 e. The lowest BCUT2D eigenvalue weighted by Gasteiger charge is -2.47. The summed E-state index contributed by atoms with van der Waals surface area (Å²) in [6.07, 6.45) is 3.36. The molecule has 2 unspecified atom stereocenters. The van der Waals surface area contributed by atoms with Gasteiger partial charge in [-0.25, -0.2) is 0 Å². The highest BCUT2D eigenvalue weighted by Gasteiger charge is 2.39. The zero-order valence-electron chi connectivity index (χ0n) is 12.0. The summed E-state index contributed by atoms with van der Waals surface area (Å²) in [7, 11) is 0. The average molecular weight is 242 g/mol. The first-order valence-electron chi connectivity index (χ1n) is 7.18. The fourth-order valence-corrected chi connectivity index (χ4v) is 3.20. The largest absolute Gasteiger partial charge is 0.381 e. The molecule has 0 radical (unpaired) electrons. The molecule has 3 heteroatoms. The first-order chi connectivity index (χ1) is 8.10. The monoisotopic (exact) mass is 242 g/mol. The molecule has 0 amide bonds. The van der Waals surface area contributed by atoms with Gasteiger partial charge in [0.15, 0.2) is 0 Å². The molecule has 0 aliphatic carbocycles. The van der Waals surface area contributed by atoms with Crippen LogP contribution in [0.2, 0.25) is 0 Å². The normalized spacial score (nSPS) is 23.6. The highest BCUT2D eigenvalue weighted by Crippen LogP contribution is 2.31. The van der Waals surface area contributed by atoms with Crippen molar-refractivity contribution in [3.05, 3.63) is 0 Å². The Bertz CT molecular complexity index is 212. The molecule has 2 atom stereocenters. The predicted octanol–water partition coefficient (Wildman–Crippen LogP) is 2.25. The van der Waals surface area contributed by atoms with Gasteiger partial charge in [0.05, 0.1) is 0 Å². The molecule has 1 fully saturated rings. The third-order valence-corrected chi connectivity index (χ3v) is 4.69. The minimum atomic E-state index is 0.130. The second-order valence-corrected chi connectivity index (χ2v) is 5.36. The molecule has 3 nitrogen and oxygen atoms in total. The van der Waals surface area contributed by atoms with Crippen molar-refractivity contribution in [2.24, 2.45) is 11.7 Å². The van der Waals surface area contributed by atoms with Crippen LogP contribution in [0.5, 0.6) is 0 Å². The van der Waals surface area contributed by atoms with Crippen LogP contribution in [0.25, 0.3) is 0 Å². The molecule has 0 spiro atoms. The van der Waals surface area contributed by atoms with Crippen LogP contribution in [0.1, 0.15) is 47.0 Å². The second kappa shape index (κ2) is 6.72. The van der Waals surface area contributed by atoms with E-state index in [0.717, 1.165) is 45.6 Å². The molecule has 1 saturated heterocycles. The van der Waals surface area contributed by atoms with E-state index in [2.05, 4.69) is 32.6 Å². The Morgan fingerprint density at radius 1 is 1.24 bits per heavy atom. The third kappa shape index (κ3) is 3.21. The summed E-state index contributed by atoms with van der Waals surface area (Å²) >= 11 is 0. The summed E-state index contributed by atoms with van der Waals surface area (Å²) < 4.78 is 5.44. The van der Waals surface area contributed by atoms with Crippen molar-refractivity contribution in [3.63, 3.8) is 0 Å². The molecule has 17 heavy (non-hydrogen) atoms. The third-order valence-electron chi connectivity index (χ3n) is 4.69. The molecule has 1 aliphatic heterocycles. The maximum absolute atomic E-state index is 6.59. The van der Waals surface area contributed by atoms with E-state index in [1.54, 1.807) is 0 Å². The lowest BCUT2D eigenvalue weighted by molar-refractivity contribution is 0.0114. The summed E-state index contributed by atoms with van der Waals surface area (Å²) in [5.41, 5.74) is 6.72. The standard InChI is InChI=1S/C14H30N2O/c1-5-14(4,16(6-2)7-3)13(15)12-8-10-17-11-9-12/h12-13H,5-11,15H2,1-4H3. The van der Waals surface area contributed by atoms with E-state index in [0.29, 0.717) is 5.92 Å². The Morgan fingerprint density at radius 2 is 1.76 bits per heavy atom. The van der Waals surface area contributed by atoms with Gasteiger partial charge < -0.3 is 10.5 Å². The van der Waals surface area contributed by atoms with Crippen molar-refractivity contribution in [3.8, 4) is 0 Å². The second-order valence-electron chi connectivity index (χ2n) is 5.36. The first kappa shape index (κ1) is 14.9. The topological polar surface area (TPSA) is 38.5 Å². The van der Waals surface area contributed by atoms with E-state index in [1.807, 2.05) is 0 Å². The van der Waals surface area contributed by atoms with Gasteiger partial charge in [-0.15, -0.1) is 0 Å². The van der Waals surface area contributed by atoms with Gasteiger partial charge in [-0.05, 0) is 45.2 Å². The SMILES string of the molecule is CCN(CC)C(C)(CC)C(N)C1CCOCC1. The van der Waals surface area contributed by atoms with Crippen LogP contribution < -0.4 is 5.73 Å². The molecular weight excluding hydrogens is 212 g/mol. The molecular formula is C14H30N2O. The van der Waals surface area contributed by atoms with Crippen LogP contribution in [0.15, 0.2) is 0 Å². The van der Waals surface area contributed by atoms with Crippen LogP contribution in [-0.4, -0.2) is 42.8 Å². The van der Waals surface area contributed by atoms with E-state index in [1.165, 1.54) is 0 Å². The van der Waals surface area contributed by atoms with Crippen molar-refractivity contribution in [2.45, 2.75) is 58.5 Å². The number of hydrogen-bond donors (Lipinski definition) is 1. The van der Waals surface area contributed by atoms with Crippen molar-refractivity contribution >= 4 is 0 Å². The number of rotatable bonds is 6. The summed E-state index contributed by atoms with van der Waals surface area (Å²) in [4.78, 5) is 2.52. The van der Waals surface area contributed by atoms with Gasteiger partial charge in [0.1, 0.15) is 0 Å². The highest BCUT2D eigenvalue weighted by molar-refractivity contribution is 4.97. The van der Waals surface area contributed by atoms with Crippen LogP contribution in [0.4, 0.5) is 0 Å². The Labute approximate surface area is 107 Å². The lowest BCUT2D eigenvalue weighted by Crippen LogP contribution is -2.60. The van der Waals surface area contributed by atoms with Gasteiger partial charge in [0, 0.05) is 24.8 Å². The van der Waals surface area contributed by atoms with E-state index in [-0.39, 0.29) is 11.6 Å². The molecule has 0 saturated carbocycles. The Morgan fingerprint density at radius 3 is 2.18 bits per heavy atom. The maximum atomic E-state index is 6.59. The van der Waals surface area contributed by atoms with Crippen LogP contribution in [-0.2, 0) is 4.74 Å². The van der Waals surface area contributed by atoms with Gasteiger partial charge in [-0.2, -0.15) is 0 Å². The van der Waals surface area contributed by atoms with Crippen molar-refractivity contribution in [2.75, 3.05) is 26.3 Å². The summed E-state index contributed by atoms with van der Waals surface area (Å²) in [5, 5.41) is 0. The van der Waals surface area contributed by atoms with Gasteiger partial charge in [0.25, 0.3) is 0 Å². The smallest absolute Gasteiger partial charge is 0.0469 e. The average Bonchev–Trinajstić information content (AvgIpc) is 2.39. The number of nitrogens with two attached hydrogens (primary N) is 1. The Balaban J connectivity index is 2.75. The van der Waals surface area contributed by atoms with Gasteiger partial charge in [0.2, 0.25) is 0 Å². The molecule has 1 heterocycles. The summed E-state index contributed by atoms with van der Waals surface area (Å²) in [5.74, 6) is 0.620. The van der Waals surface area contributed by atoms with E-state index in [4.69, 9.17) is 10.5 Å². The lowest BCUT2D eigenvalue weighted by atomic mass is 9.77. The number of nitrogens with zero attached hydrogens (tertiary/aromatic N) is 1. The van der Waals surface area contributed by atoms with E-state index >= 15 is 0 Å². The van der Waals surface area contributed by atoms with Crippen LogP contribution >= 0.6 is 0 Å². The van der Waals surface area contributed by atoms with E-state index < -0.39 is 0 Å². The highest BCUT2D eigenvalue weighted by atomic mass is 16.5. The maximum Gasteiger partial charge on any atom is 0.0469 e. The zero-order chi connectivity index (χ0) is 12.9. The Hall–Kier alpha value is -0.120. The van der Waals surface area contributed by atoms with Crippen molar-refractivity contribution in [1.29, 1.82) is 0 Å². The van der Waals surface area contributed by atoms with Gasteiger partial charge in [-0.3, -0.25) is 4.90 Å². The zero-order valence-corrected chi connectivity index (χ0v) is 12.0. The molecule has 0 bridgehead atoms. The van der Waals surface area contributed by atoms with Gasteiger partial charge in [-0.1, -0.05) is 20.8 Å². The fraction of sp³-hybridized carbons (Fsp3) is 1.00. The number of hydrogen-bond acceptors (Lipinski definition) is 3.